The molecule has 0 saturated carbocycles. The molecule has 190 valence electrons. The van der Waals surface area contributed by atoms with E-state index in [1.54, 1.807) is 12.4 Å². The van der Waals surface area contributed by atoms with Crippen molar-refractivity contribution in [2.24, 2.45) is 0 Å². The van der Waals surface area contributed by atoms with Gasteiger partial charge in [-0.05, 0) is 24.8 Å². The first-order chi connectivity index (χ1) is 16.8. The Labute approximate surface area is 210 Å². The van der Waals surface area contributed by atoms with Gasteiger partial charge in [0.25, 0.3) is 0 Å². The number of hydrogen-bond donors (Lipinski definition) is 0. The quantitative estimate of drug-likeness (QED) is 0.172. The van der Waals surface area contributed by atoms with Crippen LogP contribution in [-0.4, -0.2) is 16.6 Å². The van der Waals surface area contributed by atoms with Crippen LogP contribution in [0.5, 0.6) is 5.75 Å². The van der Waals surface area contributed by atoms with E-state index in [-0.39, 0.29) is 0 Å². The highest BCUT2D eigenvalue weighted by Crippen LogP contribution is 2.19. The molecule has 3 heteroatoms. The van der Waals surface area contributed by atoms with Gasteiger partial charge < -0.3 is 4.74 Å². The fraction of sp³-hybridized carbons (Fsp3) is 0.677. The van der Waals surface area contributed by atoms with Crippen molar-refractivity contribution in [3.05, 3.63) is 42.2 Å². The molecule has 1 heterocycles. The lowest BCUT2D eigenvalue weighted by Crippen LogP contribution is -1.99. The topological polar surface area (TPSA) is 35.0 Å². The Hall–Kier alpha value is -1.90. The summed E-state index contributed by atoms with van der Waals surface area (Å²) in [6.07, 6.45) is 27.8. The number of rotatable bonds is 21. The Morgan fingerprint density at radius 1 is 0.559 bits per heavy atom. The van der Waals surface area contributed by atoms with Crippen LogP contribution in [0.4, 0.5) is 0 Å². The molecule has 0 bridgehead atoms. The number of nitrogens with zero attached hydrogens (tertiary/aromatic N) is 2. The standard InChI is InChI=1S/C31H50N2O/c1-3-5-7-9-10-11-12-13-14-15-16-18-20-28-21-23-29(24-22-28)31-32-26-30(27-33-31)34-25-19-17-8-6-4-2/h21-24,26-27H,3-20,25H2,1-2H3. The first kappa shape index (κ1) is 28.3. The van der Waals surface area contributed by atoms with Gasteiger partial charge in [-0.1, -0.05) is 134 Å². The number of hydrogen-bond acceptors (Lipinski definition) is 3. The zero-order valence-corrected chi connectivity index (χ0v) is 22.2. The highest BCUT2D eigenvalue weighted by atomic mass is 16.5. The Kier molecular flexibility index (Phi) is 16.2. The first-order valence-corrected chi connectivity index (χ1v) is 14.4. The fourth-order valence-electron chi connectivity index (χ4n) is 4.43. The van der Waals surface area contributed by atoms with E-state index in [0.29, 0.717) is 0 Å². The average molecular weight is 467 g/mol. The van der Waals surface area contributed by atoms with Gasteiger partial charge in [-0.2, -0.15) is 0 Å². The normalized spacial score (nSPS) is 11.1. The zero-order chi connectivity index (χ0) is 24.1. The van der Waals surface area contributed by atoms with E-state index in [4.69, 9.17) is 4.74 Å². The van der Waals surface area contributed by atoms with E-state index < -0.39 is 0 Å². The molecule has 34 heavy (non-hydrogen) atoms. The summed E-state index contributed by atoms with van der Waals surface area (Å²) in [4.78, 5) is 9.01. The maximum Gasteiger partial charge on any atom is 0.159 e. The van der Waals surface area contributed by atoms with E-state index in [9.17, 15) is 0 Å². The van der Waals surface area contributed by atoms with Gasteiger partial charge in [0.2, 0.25) is 0 Å². The molecule has 0 aliphatic heterocycles. The maximum absolute atomic E-state index is 5.78. The minimum atomic E-state index is 0.750. The second kappa shape index (κ2) is 19.4. The van der Waals surface area contributed by atoms with Crippen molar-refractivity contribution in [2.45, 2.75) is 129 Å². The Morgan fingerprint density at radius 2 is 1.03 bits per heavy atom. The molecule has 0 N–H and O–H groups in total. The van der Waals surface area contributed by atoms with Crippen molar-refractivity contribution in [2.75, 3.05) is 6.61 Å². The summed E-state index contributed by atoms with van der Waals surface area (Å²) in [6, 6.07) is 8.77. The molecule has 2 aromatic rings. The summed E-state index contributed by atoms with van der Waals surface area (Å²) in [5.41, 5.74) is 2.49. The maximum atomic E-state index is 5.78. The van der Waals surface area contributed by atoms with Crippen LogP contribution in [0.3, 0.4) is 0 Å². The lowest BCUT2D eigenvalue weighted by Gasteiger charge is -2.07. The van der Waals surface area contributed by atoms with E-state index in [1.807, 2.05) is 0 Å². The van der Waals surface area contributed by atoms with E-state index in [2.05, 4.69) is 48.1 Å². The van der Waals surface area contributed by atoms with E-state index >= 15 is 0 Å². The van der Waals surface area contributed by atoms with Crippen LogP contribution in [0.15, 0.2) is 36.7 Å². The second-order valence-corrected chi connectivity index (χ2v) is 9.84. The Bertz CT molecular complexity index is 711. The van der Waals surface area contributed by atoms with Gasteiger partial charge in [-0.25, -0.2) is 9.97 Å². The molecule has 0 spiro atoms. The fourth-order valence-corrected chi connectivity index (χ4v) is 4.43. The molecule has 0 atom stereocenters. The smallest absolute Gasteiger partial charge is 0.159 e. The van der Waals surface area contributed by atoms with Crippen molar-refractivity contribution >= 4 is 0 Å². The van der Waals surface area contributed by atoms with Crippen molar-refractivity contribution < 1.29 is 4.74 Å². The van der Waals surface area contributed by atoms with Crippen LogP contribution in [0.25, 0.3) is 11.4 Å². The minimum Gasteiger partial charge on any atom is -0.490 e. The summed E-state index contributed by atoms with van der Waals surface area (Å²) in [6.45, 7) is 5.28. The van der Waals surface area contributed by atoms with Crippen molar-refractivity contribution in [1.82, 2.24) is 9.97 Å². The number of unbranched alkanes of at least 4 members (excludes halogenated alkanes) is 15. The predicted molar refractivity (Wildman–Crippen MR) is 147 cm³/mol. The minimum absolute atomic E-state index is 0.750. The van der Waals surface area contributed by atoms with Gasteiger partial charge in [0.15, 0.2) is 11.6 Å². The van der Waals surface area contributed by atoms with Gasteiger partial charge in [0.05, 0.1) is 19.0 Å². The molecule has 1 aromatic carbocycles. The summed E-state index contributed by atoms with van der Waals surface area (Å²) >= 11 is 0. The molecule has 2 rings (SSSR count). The van der Waals surface area contributed by atoms with Gasteiger partial charge in [0, 0.05) is 5.56 Å². The summed E-state index contributed by atoms with van der Waals surface area (Å²) in [7, 11) is 0. The molecule has 0 saturated heterocycles. The summed E-state index contributed by atoms with van der Waals surface area (Å²) in [5, 5.41) is 0. The number of aryl methyl sites for hydroxylation is 1. The van der Waals surface area contributed by atoms with Crippen LogP contribution in [0.2, 0.25) is 0 Å². The lowest BCUT2D eigenvalue weighted by atomic mass is 10.0. The number of ether oxygens (including phenoxy) is 1. The lowest BCUT2D eigenvalue weighted by molar-refractivity contribution is 0.302. The molecule has 0 radical (unpaired) electrons. The van der Waals surface area contributed by atoms with Crippen LogP contribution in [-0.2, 0) is 6.42 Å². The van der Waals surface area contributed by atoms with Crippen LogP contribution in [0.1, 0.15) is 129 Å². The molecule has 0 unspecified atom stereocenters. The SMILES string of the molecule is CCCCCCCCCCCCCCc1ccc(-c2ncc(OCCCCCCC)cn2)cc1. The highest BCUT2D eigenvalue weighted by Gasteiger charge is 2.03. The molecule has 0 amide bonds. The molecular formula is C31H50N2O. The second-order valence-electron chi connectivity index (χ2n) is 9.84. The largest absolute Gasteiger partial charge is 0.490 e. The molecule has 0 aliphatic rings. The Balaban J connectivity index is 1.54. The van der Waals surface area contributed by atoms with Crippen molar-refractivity contribution in [3.8, 4) is 17.1 Å². The van der Waals surface area contributed by atoms with E-state index in [0.717, 1.165) is 30.2 Å². The summed E-state index contributed by atoms with van der Waals surface area (Å²) < 4.78 is 5.78. The monoisotopic (exact) mass is 466 g/mol. The first-order valence-electron chi connectivity index (χ1n) is 14.4. The van der Waals surface area contributed by atoms with Crippen molar-refractivity contribution in [3.63, 3.8) is 0 Å². The zero-order valence-electron chi connectivity index (χ0n) is 22.2. The third-order valence-corrected chi connectivity index (χ3v) is 6.68. The molecule has 0 fully saturated rings. The van der Waals surface area contributed by atoms with E-state index in [1.165, 1.54) is 115 Å². The third-order valence-electron chi connectivity index (χ3n) is 6.68. The Morgan fingerprint density at radius 3 is 1.56 bits per heavy atom. The number of benzene rings is 1. The van der Waals surface area contributed by atoms with Crippen LogP contribution < -0.4 is 4.74 Å². The third kappa shape index (κ3) is 13.1. The van der Waals surface area contributed by atoms with Crippen molar-refractivity contribution in [1.29, 1.82) is 0 Å². The highest BCUT2D eigenvalue weighted by molar-refractivity contribution is 5.55. The van der Waals surface area contributed by atoms with Gasteiger partial charge >= 0.3 is 0 Å². The van der Waals surface area contributed by atoms with Crippen LogP contribution in [0, 0.1) is 0 Å². The average Bonchev–Trinajstić information content (AvgIpc) is 2.87. The molecule has 1 aromatic heterocycles. The van der Waals surface area contributed by atoms with Crippen LogP contribution >= 0.6 is 0 Å². The number of aromatic nitrogens is 2. The predicted octanol–water partition coefficient (Wildman–Crippen LogP) is 9.74. The van der Waals surface area contributed by atoms with Gasteiger partial charge in [0.1, 0.15) is 0 Å². The molecule has 3 nitrogen and oxygen atoms in total. The van der Waals surface area contributed by atoms with Gasteiger partial charge in [-0.3, -0.25) is 0 Å². The summed E-state index contributed by atoms with van der Waals surface area (Å²) in [5.74, 6) is 1.54. The molecular weight excluding hydrogens is 416 g/mol. The van der Waals surface area contributed by atoms with Gasteiger partial charge in [-0.15, -0.1) is 0 Å². The molecule has 0 aliphatic carbocycles.